The Hall–Kier alpha value is -1.49. The molecule has 2 aromatic rings. The molecule has 4 nitrogen and oxygen atoms in total. The van der Waals surface area contributed by atoms with Crippen LogP contribution in [-0.4, -0.2) is 10.2 Å². The number of hydrogen-bond donors (Lipinski definition) is 1. The summed E-state index contributed by atoms with van der Waals surface area (Å²) in [6.45, 7) is 3.76. The molecule has 0 saturated carbocycles. The van der Waals surface area contributed by atoms with Crippen LogP contribution in [0.15, 0.2) is 32.7 Å². The third-order valence-electron chi connectivity index (χ3n) is 1.94. The lowest BCUT2D eigenvalue weighted by atomic mass is 10.2. The molecule has 0 aliphatic rings. The number of hydrogen-bond acceptors (Lipinski definition) is 5. The van der Waals surface area contributed by atoms with Gasteiger partial charge >= 0.3 is 0 Å². The minimum Gasteiger partial charge on any atom is -0.416 e. The molecule has 2 N–H and O–H groups in total. The first-order valence-electron chi connectivity index (χ1n) is 4.50. The van der Waals surface area contributed by atoms with Gasteiger partial charge in [-0.25, -0.2) is 0 Å². The first-order chi connectivity index (χ1) is 7.16. The summed E-state index contributed by atoms with van der Waals surface area (Å²) in [4.78, 5) is 0.973. The number of rotatable bonds is 2. The SMILES string of the molecule is Cc1nnc(Sc2c(C)cccc2N)o1. The topological polar surface area (TPSA) is 64.9 Å². The maximum absolute atomic E-state index is 5.87. The van der Waals surface area contributed by atoms with Crippen molar-refractivity contribution in [2.75, 3.05) is 5.73 Å². The van der Waals surface area contributed by atoms with Crippen LogP contribution in [0.25, 0.3) is 0 Å². The van der Waals surface area contributed by atoms with Gasteiger partial charge in [-0.05, 0) is 30.3 Å². The van der Waals surface area contributed by atoms with Gasteiger partial charge in [-0.2, -0.15) is 0 Å². The summed E-state index contributed by atoms with van der Waals surface area (Å²) in [5, 5.41) is 8.20. The third kappa shape index (κ3) is 2.12. The number of nitrogens with zero attached hydrogens (tertiary/aromatic N) is 2. The van der Waals surface area contributed by atoms with E-state index in [0.29, 0.717) is 11.1 Å². The van der Waals surface area contributed by atoms with Crippen LogP contribution in [0.5, 0.6) is 0 Å². The molecule has 0 bridgehead atoms. The Morgan fingerprint density at radius 1 is 1.27 bits per heavy atom. The Morgan fingerprint density at radius 2 is 2.07 bits per heavy atom. The molecular formula is C10H11N3OS. The van der Waals surface area contributed by atoms with Gasteiger partial charge in [0.2, 0.25) is 5.89 Å². The van der Waals surface area contributed by atoms with E-state index in [9.17, 15) is 0 Å². The second kappa shape index (κ2) is 3.94. The van der Waals surface area contributed by atoms with E-state index < -0.39 is 0 Å². The van der Waals surface area contributed by atoms with E-state index in [1.54, 1.807) is 6.92 Å². The lowest BCUT2D eigenvalue weighted by molar-refractivity contribution is 0.429. The van der Waals surface area contributed by atoms with Crippen LogP contribution in [0.3, 0.4) is 0 Å². The highest BCUT2D eigenvalue weighted by atomic mass is 32.2. The van der Waals surface area contributed by atoms with Crippen LogP contribution in [0.1, 0.15) is 11.5 Å². The average Bonchev–Trinajstić information content (AvgIpc) is 2.58. The monoisotopic (exact) mass is 221 g/mol. The molecule has 0 spiro atoms. The first kappa shape index (κ1) is 10.0. The lowest BCUT2D eigenvalue weighted by Gasteiger charge is -2.05. The van der Waals surface area contributed by atoms with Gasteiger partial charge in [-0.15, -0.1) is 10.2 Å². The molecule has 0 amide bonds. The third-order valence-corrected chi connectivity index (χ3v) is 3.04. The molecule has 0 saturated heterocycles. The molecule has 78 valence electrons. The fourth-order valence-corrected chi connectivity index (χ4v) is 2.06. The average molecular weight is 221 g/mol. The van der Waals surface area contributed by atoms with E-state index >= 15 is 0 Å². The van der Waals surface area contributed by atoms with Crippen LogP contribution >= 0.6 is 11.8 Å². The fourth-order valence-electron chi connectivity index (χ4n) is 1.22. The molecule has 2 rings (SSSR count). The molecule has 0 aliphatic heterocycles. The van der Waals surface area contributed by atoms with Gasteiger partial charge in [0.25, 0.3) is 5.22 Å². The molecule has 0 aliphatic carbocycles. The molecule has 1 heterocycles. The Balaban J connectivity index is 2.31. The molecule has 15 heavy (non-hydrogen) atoms. The summed E-state index contributed by atoms with van der Waals surface area (Å²) in [5.41, 5.74) is 7.70. The van der Waals surface area contributed by atoms with E-state index in [4.69, 9.17) is 10.2 Å². The van der Waals surface area contributed by atoms with Crippen molar-refractivity contribution in [3.63, 3.8) is 0 Å². The summed E-state index contributed by atoms with van der Waals surface area (Å²) < 4.78 is 5.28. The highest BCUT2D eigenvalue weighted by Gasteiger charge is 2.09. The number of aromatic nitrogens is 2. The highest BCUT2D eigenvalue weighted by molar-refractivity contribution is 7.99. The van der Waals surface area contributed by atoms with Crippen molar-refractivity contribution in [1.82, 2.24) is 10.2 Å². The van der Waals surface area contributed by atoms with Gasteiger partial charge in [0.05, 0.1) is 0 Å². The number of anilines is 1. The Kier molecular flexibility index (Phi) is 2.64. The molecule has 1 aromatic heterocycles. The molecule has 0 unspecified atom stereocenters. The summed E-state index contributed by atoms with van der Waals surface area (Å²) in [6.07, 6.45) is 0. The van der Waals surface area contributed by atoms with Crippen molar-refractivity contribution in [2.45, 2.75) is 24.0 Å². The standard InChI is InChI=1S/C10H11N3OS/c1-6-4-3-5-8(11)9(6)15-10-13-12-7(2)14-10/h3-5H,11H2,1-2H3. The van der Waals surface area contributed by atoms with Gasteiger partial charge in [-0.3, -0.25) is 0 Å². The highest BCUT2D eigenvalue weighted by Crippen LogP contribution is 2.33. The fraction of sp³-hybridized carbons (Fsp3) is 0.200. The number of aryl methyl sites for hydroxylation is 2. The van der Waals surface area contributed by atoms with E-state index in [-0.39, 0.29) is 0 Å². The second-order valence-electron chi connectivity index (χ2n) is 3.18. The van der Waals surface area contributed by atoms with Gasteiger partial charge in [0.1, 0.15) is 0 Å². The molecule has 0 fully saturated rings. The normalized spacial score (nSPS) is 10.5. The first-order valence-corrected chi connectivity index (χ1v) is 5.31. The molecular weight excluding hydrogens is 210 g/mol. The quantitative estimate of drug-likeness (QED) is 0.789. The van der Waals surface area contributed by atoms with Crippen molar-refractivity contribution < 1.29 is 4.42 Å². The molecule has 1 aromatic carbocycles. The largest absolute Gasteiger partial charge is 0.416 e. The zero-order valence-electron chi connectivity index (χ0n) is 8.52. The van der Waals surface area contributed by atoms with Crippen molar-refractivity contribution in [1.29, 1.82) is 0 Å². The maximum Gasteiger partial charge on any atom is 0.281 e. The lowest BCUT2D eigenvalue weighted by Crippen LogP contribution is -1.90. The molecule has 0 radical (unpaired) electrons. The van der Waals surface area contributed by atoms with Crippen molar-refractivity contribution >= 4 is 17.4 Å². The van der Waals surface area contributed by atoms with E-state index in [0.717, 1.165) is 16.1 Å². The zero-order chi connectivity index (χ0) is 10.8. The predicted octanol–water partition coefficient (Wildman–Crippen LogP) is 2.42. The van der Waals surface area contributed by atoms with E-state index in [1.165, 1.54) is 11.8 Å². The number of nitrogen functional groups attached to an aromatic ring is 1. The van der Waals surface area contributed by atoms with Gasteiger partial charge in [0.15, 0.2) is 0 Å². The zero-order valence-corrected chi connectivity index (χ0v) is 9.34. The minimum absolute atomic E-state index is 0.522. The van der Waals surface area contributed by atoms with Crippen LogP contribution in [-0.2, 0) is 0 Å². The number of benzene rings is 1. The Morgan fingerprint density at radius 3 is 2.67 bits per heavy atom. The summed E-state index contributed by atoms with van der Waals surface area (Å²) in [7, 11) is 0. The van der Waals surface area contributed by atoms with E-state index in [2.05, 4.69) is 10.2 Å². The second-order valence-corrected chi connectivity index (χ2v) is 4.14. The van der Waals surface area contributed by atoms with Crippen molar-refractivity contribution in [2.24, 2.45) is 0 Å². The van der Waals surface area contributed by atoms with Gasteiger partial charge in [-0.1, -0.05) is 12.1 Å². The van der Waals surface area contributed by atoms with Gasteiger partial charge in [0, 0.05) is 17.5 Å². The summed E-state index contributed by atoms with van der Waals surface area (Å²) in [5.74, 6) is 0.560. The minimum atomic E-state index is 0.522. The summed E-state index contributed by atoms with van der Waals surface area (Å²) in [6, 6.07) is 5.79. The van der Waals surface area contributed by atoms with Crippen molar-refractivity contribution in [3.05, 3.63) is 29.7 Å². The smallest absolute Gasteiger partial charge is 0.281 e. The van der Waals surface area contributed by atoms with E-state index in [1.807, 2.05) is 25.1 Å². The van der Waals surface area contributed by atoms with Crippen LogP contribution in [0.2, 0.25) is 0 Å². The Labute approximate surface area is 91.9 Å². The molecule has 0 atom stereocenters. The predicted molar refractivity (Wildman–Crippen MR) is 58.7 cm³/mol. The number of nitrogens with two attached hydrogens (primary N) is 1. The Bertz CT molecular complexity index is 461. The van der Waals surface area contributed by atoms with Gasteiger partial charge < -0.3 is 10.2 Å². The maximum atomic E-state index is 5.87. The van der Waals surface area contributed by atoms with Crippen LogP contribution < -0.4 is 5.73 Å². The van der Waals surface area contributed by atoms with Crippen LogP contribution in [0, 0.1) is 13.8 Å². The molecule has 5 heteroatoms. The van der Waals surface area contributed by atoms with Crippen molar-refractivity contribution in [3.8, 4) is 0 Å². The van der Waals surface area contributed by atoms with Crippen LogP contribution in [0.4, 0.5) is 5.69 Å². The summed E-state index contributed by atoms with van der Waals surface area (Å²) >= 11 is 1.40.